The van der Waals surface area contributed by atoms with Crippen LogP contribution < -0.4 is 21.7 Å². The van der Waals surface area contributed by atoms with Gasteiger partial charge < -0.3 is 31.7 Å². The lowest BCUT2D eigenvalue weighted by atomic mass is 9.99. The molecule has 0 aliphatic heterocycles. The monoisotopic (exact) mass is 546 g/mol. The Labute approximate surface area is 229 Å². The van der Waals surface area contributed by atoms with Crippen LogP contribution in [0.3, 0.4) is 0 Å². The summed E-state index contributed by atoms with van der Waals surface area (Å²) >= 11 is 0. The molecule has 0 radical (unpaired) electrons. The number of carboxylic acid groups (broad SMARTS) is 1. The Morgan fingerprint density at radius 3 is 2.13 bits per heavy atom. The Morgan fingerprint density at radius 1 is 1.00 bits per heavy atom. The summed E-state index contributed by atoms with van der Waals surface area (Å²) in [6, 6.07) is 5.93. The molecule has 0 heterocycles. The number of amides is 3. The molecule has 0 fully saturated rings. The summed E-state index contributed by atoms with van der Waals surface area (Å²) in [5.41, 5.74) is 6.38. The van der Waals surface area contributed by atoms with Crippen LogP contribution in [0.4, 0.5) is 5.69 Å². The number of rotatable bonds is 17. The average Bonchev–Trinajstić information content (AvgIpc) is 2.89. The molecule has 12 nitrogen and oxygen atoms in total. The molecule has 3 amide bonds. The minimum Gasteiger partial charge on any atom is -0.481 e. The molecule has 1 aromatic carbocycles. The lowest BCUT2D eigenvalue weighted by molar-refractivity contribution is -0.143. The fourth-order valence-electron chi connectivity index (χ4n) is 3.34. The number of anilines is 1. The molecule has 0 aliphatic rings. The summed E-state index contributed by atoms with van der Waals surface area (Å²) in [7, 11) is 3.76. The first-order chi connectivity index (χ1) is 18.4. The van der Waals surface area contributed by atoms with Crippen LogP contribution in [0.1, 0.15) is 51.0 Å². The molecule has 2 atom stereocenters. The van der Waals surface area contributed by atoms with Gasteiger partial charge in [-0.1, -0.05) is 6.92 Å². The number of amidine groups is 1. The van der Waals surface area contributed by atoms with E-state index in [0.29, 0.717) is 24.2 Å². The van der Waals surface area contributed by atoms with Gasteiger partial charge in [0.25, 0.3) is 0 Å². The number of ketones is 1. The summed E-state index contributed by atoms with van der Waals surface area (Å²) in [5.74, 6) is -3.89. The van der Waals surface area contributed by atoms with Crippen LogP contribution in [-0.2, 0) is 24.0 Å². The highest BCUT2D eigenvalue weighted by Gasteiger charge is 2.23. The van der Waals surface area contributed by atoms with E-state index in [9.17, 15) is 29.1 Å². The van der Waals surface area contributed by atoms with Gasteiger partial charge in [0.05, 0.1) is 5.92 Å². The molecule has 12 heteroatoms. The van der Waals surface area contributed by atoms with Gasteiger partial charge in [-0.2, -0.15) is 0 Å². The zero-order chi connectivity index (χ0) is 30.0. The molecule has 0 bridgehead atoms. The van der Waals surface area contributed by atoms with Crippen LogP contribution in [0.25, 0.3) is 0 Å². The third-order valence-corrected chi connectivity index (χ3v) is 5.52. The number of carbonyl (C=O) groups excluding carboxylic acids is 4. The van der Waals surface area contributed by atoms with Crippen molar-refractivity contribution in [3.05, 3.63) is 43.0 Å². The van der Waals surface area contributed by atoms with Crippen LogP contribution in [-0.4, -0.2) is 78.5 Å². The molecule has 2 unspecified atom stereocenters. The van der Waals surface area contributed by atoms with Crippen molar-refractivity contribution in [2.24, 2.45) is 11.7 Å². The first-order valence-electron chi connectivity index (χ1n) is 12.6. The molecule has 1 rings (SSSR count). The van der Waals surface area contributed by atoms with Gasteiger partial charge in [0.15, 0.2) is 0 Å². The van der Waals surface area contributed by atoms with Gasteiger partial charge in [-0.25, -0.2) is 0 Å². The van der Waals surface area contributed by atoms with Crippen molar-refractivity contribution in [2.75, 3.05) is 32.5 Å². The standard InChI is InChI=1S/C25H38N6O6.C2H4/c1-4-21(33)30-19(11-12-31(2)3)14-23(35)28-15-17(25(36)37)13-20(32)9-10-22(34)29-18-7-5-16(6-8-18)24(26)27;1-2/h5-8,17,19H,4,9-15H2,1-3H3,(H3,26,27)(H,28,35)(H,29,34)(H,30,33)(H,36,37);1-2H2. The fourth-order valence-corrected chi connectivity index (χ4v) is 3.34. The number of Topliss-reactive ketones (excluding diaryl/α,β-unsaturated/α-hetero) is 1. The minimum absolute atomic E-state index is 0.00652. The number of nitrogens with zero attached hydrogens (tertiary/aromatic N) is 1. The van der Waals surface area contributed by atoms with Crippen LogP contribution >= 0.6 is 0 Å². The summed E-state index contributed by atoms with van der Waals surface area (Å²) in [6.45, 7) is 8.13. The van der Waals surface area contributed by atoms with E-state index in [-0.39, 0.29) is 50.4 Å². The van der Waals surface area contributed by atoms with Crippen LogP contribution in [0.5, 0.6) is 0 Å². The zero-order valence-electron chi connectivity index (χ0n) is 23.0. The molecule has 0 saturated carbocycles. The smallest absolute Gasteiger partial charge is 0.308 e. The second kappa shape index (κ2) is 19.1. The Bertz CT molecular complexity index is 979. The van der Waals surface area contributed by atoms with Gasteiger partial charge in [0.1, 0.15) is 11.6 Å². The van der Waals surface area contributed by atoms with Crippen molar-refractivity contribution in [2.45, 2.75) is 51.5 Å². The Hall–Kier alpha value is -4.06. The fraction of sp³-hybridized carbons (Fsp3) is 0.481. The van der Waals surface area contributed by atoms with Crippen LogP contribution in [0.2, 0.25) is 0 Å². The Kier molecular flexibility index (Phi) is 17.1. The van der Waals surface area contributed by atoms with Gasteiger partial charge in [0, 0.05) is 55.9 Å². The second-order valence-corrected chi connectivity index (χ2v) is 9.04. The maximum atomic E-state index is 12.4. The average molecular weight is 547 g/mol. The molecule has 39 heavy (non-hydrogen) atoms. The highest BCUT2D eigenvalue weighted by molar-refractivity contribution is 5.97. The lowest BCUT2D eigenvalue weighted by Crippen LogP contribution is -2.42. The normalized spacial score (nSPS) is 11.8. The number of aliphatic carboxylic acids is 1. The molecule has 1 aromatic rings. The number of nitrogens with two attached hydrogens (primary N) is 1. The molecular weight excluding hydrogens is 504 g/mol. The number of hydrogen-bond donors (Lipinski definition) is 6. The van der Waals surface area contributed by atoms with Gasteiger partial charge in [0.2, 0.25) is 17.7 Å². The van der Waals surface area contributed by atoms with E-state index >= 15 is 0 Å². The summed E-state index contributed by atoms with van der Waals surface area (Å²) in [4.78, 5) is 62.2. The molecule has 0 spiro atoms. The molecule has 7 N–H and O–H groups in total. The maximum absolute atomic E-state index is 12.4. The van der Waals surface area contributed by atoms with Crippen molar-refractivity contribution in [3.8, 4) is 0 Å². The summed E-state index contributed by atoms with van der Waals surface area (Å²) < 4.78 is 0. The predicted octanol–water partition coefficient (Wildman–Crippen LogP) is 1.50. The second-order valence-electron chi connectivity index (χ2n) is 9.04. The van der Waals surface area contributed by atoms with Crippen molar-refractivity contribution < 1.29 is 29.1 Å². The van der Waals surface area contributed by atoms with Gasteiger partial charge in [-0.15, -0.1) is 13.2 Å². The Balaban J connectivity index is 0.00000704. The lowest BCUT2D eigenvalue weighted by Gasteiger charge is -2.21. The van der Waals surface area contributed by atoms with Gasteiger partial charge in [-0.3, -0.25) is 29.4 Å². The van der Waals surface area contributed by atoms with Crippen LogP contribution in [0.15, 0.2) is 37.4 Å². The Morgan fingerprint density at radius 2 is 1.62 bits per heavy atom. The SMILES string of the molecule is C=C.CCC(=O)NC(CCN(C)C)CC(=O)NCC(CC(=O)CCC(=O)Nc1ccc(C(=N)N)cc1)C(=O)O. The number of hydrogen-bond acceptors (Lipinski definition) is 7. The van der Waals surface area contributed by atoms with Crippen LogP contribution in [0, 0.1) is 11.3 Å². The molecule has 0 aromatic heterocycles. The third-order valence-electron chi connectivity index (χ3n) is 5.52. The molecular formula is C27H42N6O6. The molecule has 0 aliphatic carbocycles. The largest absolute Gasteiger partial charge is 0.481 e. The first-order valence-corrected chi connectivity index (χ1v) is 12.6. The highest BCUT2D eigenvalue weighted by Crippen LogP contribution is 2.12. The van der Waals surface area contributed by atoms with E-state index in [4.69, 9.17) is 11.1 Å². The van der Waals surface area contributed by atoms with E-state index in [1.807, 2.05) is 19.0 Å². The maximum Gasteiger partial charge on any atom is 0.308 e. The first kappa shape index (κ1) is 34.9. The van der Waals surface area contributed by atoms with E-state index < -0.39 is 35.5 Å². The van der Waals surface area contributed by atoms with E-state index in [2.05, 4.69) is 29.1 Å². The van der Waals surface area contributed by atoms with Crippen molar-refractivity contribution in [1.29, 1.82) is 5.41 Å². The number of nitrogen functional groups attached to an aromatic ring is 1. The minimum atomic E-state index is -1.23. The van der Waals surface area contributed by atoms with Crippen molar-refractivity contribution in [3.63, 3.8) is 0 Å². The summed E-state index contributed by atoms with van der Waals surface area (Å²) in [6.07, 6.45) is 0.227. The number of carbonyl (C=O) groups is 5. The van der Waals surface area contributed by atoms with Gasteiger partial charge in [-0.05, 0) is 51.3 Å². The number of benzene rings is 1. The molecule has 216 valence electrons. The van der Waals surface area contributed by atoms with E-state index in [0.717, 1.165) is 0 Å². The molecule has 0 saturated heterocycles. The summed E-state index contributed by atoms with van der Waals surface area (Å²) in [5, 5.41) is 24.8. The van der Waals surface area contributed by atoms with Crippen molar-refractivity contribution >= 4 is 41.0 Å². The number of carboxylic acids is 1. The van der Waals surface area contributed by atoms with E-state index in [1.54, 1.807) is 31.2 Å². The predicted molar refractivity (Wildman–Crippen MR) is 150 cm³/mol. The third kappa shape index (κ3) is 15.7. The van der Waals surface area contributed by atoms with Crippen molar-refractivity contribution in [1.82, 2.24) is 15.5 Å². The zero-order valence-corrected chi connectivity index (χ0v) is 23.0. The van der Waals surface area contributed by atoms with Gasteiger partial charge >= 0.3 is 5.97 Å². The quantitative estimate of drug-likeness (QED) is 0.0960. The van der Waals surface area contributed by atoms with E-state index in [1.165, 1.54) is 0 Å². The topological polar surface area (TPSA) is 195 Å². The number of nitrogens with one attached hydrogen (secondary N) is 4. The highest BCUT2D eigenvalue weighted by atomic mass is 16.4.